The number of nitrogens with zero attached hydrogens (tertiary/aromatic N) is 1. The predicted octanol–water partition coefficient (Wildman–Crippen LogP) is 2.58. The second-order valence-corrected chi connectivity index (χ2v) is 5.14. The van der Waals surface area contributed by atoms with E-state index in [0.29, 0.717) is 6.04 Å². The maximum absolute atomic E-state index is 5.27. The van der Waals surface area contributed by atoms with E-state index in [9.17, 15) is 0 Å². The van der Waals surface area contributed by atoms with Crippen LogP contribution in [0.3, 0.4) is 0 Å². The Morgan fingerprint density at radius 3 is 2.89 bits per heavy atom. The van der Waals surface area contributed by atoms with Gasteiger partial charge in [0.15, 0.2) is 0 Å². The summed E-state index contributed by atoms with van der Waals surface area (Å²) in [6.45, 7) is 7.81. The van der Waals surface area contributed by atoms with Gasteiger partial charge in [-0.15, -0.1) is 0 Å². The van der Waals surface area contributed by atoms with E-state index in [1.165, 1.54) is 24.1 Å². The lowest BCUT2D eigenvalue weighted by Gasteiger charge is -2.30. The van der Waals surface area contributed by atoms with Crippen molar-refractivity contribution in [1.29, 1.82) is 0 Å². The number of hydrogen-bond acceptors (Lipinski definition) is 3. The Labute approximate surface area is 110 Å². The van der Waals surface area contributed by atoms with Crippen LogP contribution in [0.4, 0.5) is 5.69 Å². The summed E-state index contributed by atoms with van der Waals surface area (Å²) >= 11 is 0. The highest BCUT2D eigenvalue weighted by Gasteiger charge is 2.14. The minimum atomic E-state index is 0.617. The minimum absolute atomic E-state index is 0.617. The van der Waals surface area contributed by atoms with Crippen LogP contribution in [-0.4, -0.2) is 32.8 Å². The first-order valence-electron chi connectivity index (χ1n) is 6.83. The molecule has 1 unspecified atom stereocenters. The molecule has 1 aromatic carbocycles. The molecule has 0 aromatic heterocycles. The van der Waals surface area contributed by atoms with Gasteiger partial charge in [0.05, 0.1) is 7.11 Å². The van der Waals surface area contributed by atoms with E-state index in [1.807, 2.05) is 0 Å². The molecule has 100 valence electrons. The van der Waals surface area contributed by atoms with E-state index in [0.717, 1.165) is 25.4 Å². The maximum atomic E-state index is 5.27. The van der Waals surface area contributed by atoms with Gasteiger partial charge in [-0.3, -0.25) is 0 Å². The Morgan fingerprint density at radius 1 is 1.33 bits per heavy atom. The maximum Gasteiger partial charge on any atom is 0.119 e. The lowest BCUT2D eigenvalue weighted by Crippen LogP contribution is -2.38. The van der Waals surface area contributed by atoms with Gasteiger partial charge in [0.25, 0.3) is 0 Å². The number of methoxy groups -OCH3 is 1. The van der Waals surface area contributed by atoms with Crippen molar-refractivity contribution in [2.75, 3.05) is 31.6 Å². The monoisotopic (exact) mass is 248 g/mol. The topological polar surface area (TPSA) is 24.5 Å². The van der Waals surface area contributed by atoms with Gasteiger partial charge in [-0.25, -0.2) is 0 Å². The number of nitrogens with one attached hydrogen (secondary N) is 1. The number of aryl methyl sites for hydroxylation is 1. The molecular formula is C15H24N2O. The van der Waals surface area contributed by atoms with Crippen LogP contribution >= 0.6 is 0 Å². The van der Waals surface area contributed by atoms with Crippen LogP contribution in [0.15, 0.2) is 18.2 Å². The van der Waals surface area contributed by atoms with Crippen molar-refractivity contribution >= 4 is 5.69 Å². The van der Waals surface area contributed by atoms with Gasteiger partial charge in [-0.2, -0.15) is 0 Å². The fraction of sp³-hybridized carbons (Fsp3) is 0.600. The van der Waals surface area contributed by atoms with Gasteiger partial charge >= 0.3 is 0 Å². The summed E-state index contributed by atoms with van der Waals surface area (Å²) in [4.78, 5) is 2.51. The average Bonchev–Trinajstić information content (AvgIpc) is 2.35. The third kappa shape index (κ3) is 3.16. The van der Waals surface area contributed by atoms with Crippen LogP contribution in [-0.2, 0) is 0 Å². The number of benzene rings is 1. The first-order valence-corrected chi connectivity index (χ1v) is 6.83. The standard InChI is InChI=1S/C15H24N2O/c1-12-11-14(18-3)5-6-15(12)17-9-4-8-16-13(2)7-10-17/h5-6,11,13,16H,4,7-10H2,1-3H3. The van der Waals surface area contributed by atoms with E-state index in [2.05, 4.69) is 42.3 Å². The molecule has 3 heteroatoms. The molecule has 1 heterocycles. The third-order valence-corrected chi connectivity index (χ3v) is 3.67. The summed E-state index contributed by atoms with van der Waals surface area (Å²) in [5.41, 5.74) is 2.65. The molecule has 1 saturated heterocycles. The minimum Gasteiger partial charge on any atom is -0.497 e. The molecule has 1 fully saturated rings. The number of anilines is 1. The Balaban J connectivity index is 2.13. The Bertz CT molecular complexity index is 392. The van der Waals surface area contributed by atoms with Gasteiger partial charge in [0, 0.05) is 24.8 Å². The highest BCUT2D eigenvalue weighted by atomic mass is 16.5. The van der Waals surface area contributed by atoms with E-state index in [1.54, 1.807) is 7.11 Å². The first-order chi connectivity index (χ1) is 8.70. The van der Waals surface area contributed by atoms with Crippen molar-refractivity contribution in [3.05, 3.63) is 23.8 Å². The Hall–Kier alpha value is -1.22. The molecule has 0 radical (unpaired) electrons. The highest BCUT2D eigenvalue weighted by molar-refractivity contribution is 5.55. The summed E-state index contributed by atoms with van der Waals surface area (Å²) in [5.74, 6) is 0.943. The number of rotatable bonds is 2. The summed E-state index contributed by atoms with van der Waals surface area (Å²) in [6.07, 6.45) is 2.40. The molecule has 1 aliphatic rings. The third-order valence-electron chi connectivity index (χ3n) is 3.67. The molecule has 0 amide bonds. The van der Waals surface area contributed by atoms with Crippen molar-refractivity contribution in [3.63, 3.8) is 0 Å². The zero-order chi connectivity index (χ0) is 13.0. The number of hydrogen-bond donors (Lipinski definition) is 1. The largest absolute Gasteiger partial charge is 0.497 e. The summed E-state index contributed by atoms with van der Waals surface area (Å²) < 4.78 is 5.27. The highest BCUT2D eigenvalue weighted by Crippen LogP contribution is 2.25. The average molecular weight is 248 g/mol. The molecular weight excluding hydrogens is 224 g/mol. The van der Waals surface area contributed by atoms with Crippen LogP contribution in [0.25, 0.3) is 0 Å². The fourth-order valence-corrected chi connectivity index (χ4v) is 2.53. The van der Waals surface area contributed by atoms with Gasteiger partial charge < -0.3 is 15.0 Å². The van der Waals surface area contributed by atoms with Gasteiger partial charge in [-0.1, -0.05) is 0 Å². The van der Waals surface area contributed by atoms with Crippen LogP contribution in [0, 0.1) is 6.92 Å². The van der Waals surface area contributed by atoms with E-state index in [-0.39, 0.29) is 0 Å². The van der Waals surface area contributed by atoms with Crippen LogP contribution < -0.4 is 15.0 Å². The quantitative estimate of drug-likeness (QED) is 0.870. The van der Waals surface area contributed by atoms with Crippen molar-refractivity contribution in [1.82, 2.24) is 5.32 Å². The van der Waals surface area contributed by atoms with Crippen molar-refractivity contribution in [3.8, 4) is 5.75 Å². The zero-order valence-electron chi connectivity index (χ0n) is 11.7. The van der Waals surface area contributed by atoms with Crippen LogP contribution in [0.5, 0.6) is 5.75 Å². The van der Waals surface area contributed by atoms with Crippen LogP contribution in [0.1, 0.15) is 25.3 Å². The normalized spacial score (nSPS) is 21.3. The molecule has 3 nitrogen and oxygen atoms in total. The van der Waals surface area contributed by atoms with E-state index in [4.69, 9.17) is 4.74 Å². The second-order valence-electron chi connectivity index (χ2n) is 5.14. The fourth-order valence-electron chi connectivity index (χ4n) is 2.53. The van der Waals surface area contributed by atoms with Crippen LogP contribution in [0.2, 0.25) is 0 Å². The SMILES string of the molecule is COc1ccc(N2CCCNC(C)CC2)c(C)c1. The van der Waals surface area contributed by atoms with Gasteiger partial charge in [0.2, 0.25) is 0 Å². The molecule has 0 bridgehead atoms. The Morgan fingerprint density at radius 2 is 2.17 bits per heavy atom. The molecule has 1 N–H and O–H groups in total. The Kier molecular flexibility index (Phi) is 4.48. The predicted molar refractivity (Wildman–Crippen MR) is 76.6 cm³/mol. The van der Waals surface area contributed by atoms with Gasteiger partial charge in [0.1, 0.15) is 5.75 Å². The zero-order valence-corrected chi connectivity index (χ0v) is 11.7. The van der Waals surface area contributed by atoms with Crippen molar-refractivity contribution < 1.29 is 4.74 Å². The molecule has 1 aromatic rings. The van der Waals surface area contributed by atoms with Crippen molar-refractivity contribution in [2.45, 2.75) is 32.7 Å². The summed E-state index contributed by atoms with van der Waals surface area (Å²) in [5, 5.41) is 3.54. The lowest BCUT2D eigenvalue weighted by atomic mass is 10.1. The second kappa shape index (κ2) is 6.10. The first kappa shape index (κ1) is 13.2. The van der Waals surface area contributed by atoms with Crippen molar-refractivity contribution in [2.24, 2.45) is 0 Å². The van der Waals surface area contributed by atoms with E-state index < -0.39 is 0 Å². The summed E-state index contributed by atoms with van der Waals surface area (Å²) in [6, 6.07) is 6.98. The molecule has 1 atom stereocenters. The summed E-state index contributed by atoms with van der Waals surface area (Å²) in [7, 11) is 1.72. The number of ether oxygens (including phenoxy) is 1. The molecule has 18 heavy (non-hydrogen) atoms. The smallest absolute Gasteiger partial charge is 0.119 e. The molecule has 0 aliphatic carbocycles. The molecule has 0 spiro atoms. The van der Waals surface area contributed by atoms with E-state index >= 15 is 0 Å². The molecule has 1 aliphatic heterocycles. The molecule has 2 rings (SSSR count). The molecule has 0 saturated carbocycles. The lowest BCUT2D eigenvalue weighted by molar-refractivity contribution is 0.414. The van der Waals surface area contributed by atoms with Gasteiger partial charge in [-0.05, 0) is 57.0 Å².